The average molecular weight is 254 g/mol. The molecule has 94 valence electrons. The minimum Gasteiger partial charge on any atom is -0.368 e. The minimum atomic E-state index is -0.292. The van der Waals surface area contributed by atoms with Crippen LogP contribution in [0.2, 0.25) is 0 Å². The fraction of sp³-hybridized carbons (Fsp3) is 0. The molecule has 0 aliphatic carbocycles. The zero-order valence-corrected chi connectivity index (χ0v) is 9.99. The van der Waals surface area contributed by atoms with Crippen LogP contribution in [-0.4, -0.2) is 14.8 Å². The van der Waals surface area contributed by atoms with Crippen LogP contribution in [0, 0.1) is 5.82 Å². The van der Waals surface area contributed by atoms with Crippen molar-refractivity contribution < 1.29 is 4.39 Å². The number of hydrogen-bond donors (Lipinski definition) is 1. The Morgan fingerprint density at radius 1 is 0.947 bits per heavy atom. The van der Waals surface area contributed by atoms with E-state index in [1.54, 1.807) is 16.8 Å². The largest absolute Gasteiger partial charge is 0.368 e. The number of nitrogen functional groups attached to an aromatic ring is 1. The first-order valence-electron chi connectivity index (χ1n) is 5.78. The van der Waals surface area contributed by atoms with E-state index in [4.69, 9.17) is 5.73 Å². The molecule has 0 atom stereocenters. The SMILES string of the molecule is Nc1nc(-c2ccc(F)cc2)nn1-c1ccccc1. The summed E-state index contributed by atoms with van der Waals surface area (Å²) in [7, 11) is 0. The first-order valence-corrected chi connectivity index (χ1v) is 5.78. The maximum atomic E-state index is 12.9. The molecule has 0 fully saturated rings. The average Bonchev–Trinajstić information content (AvgIpc) is 2.83. The molecule has 5 heteroatoms. The molecule has 0 saturated carbocycles. The van der Waals surface area contributed by atoms with Gasteiger partial charge in [0.2, 0.25) is 5.95 Å². The molecule has 19 heavy (non-hydrogen) atoms. The standard InChI is InChI=1S/C14H11FN4/c15-11-8-6-10(7-9-11)13-17-14(16)19(18-13)12-4-2-1-3-5-12/h1-9H,(H2,16,17,18). The van der Waals surface area contributed by atoms with E-state index in [1.165, 1.54) is 12.1 Å². The van der Waals surface area contributed by atoms with Gasteiger partial charge in [-0.3, -0.25) is 0 Å². The summed E-state index contributed by atoms with van der Waals surface area (Å²) in [6.07, 6.45) is 0. The number of benzene rings is 2. The molecule has 0 aliphatic rings. The van der Waals surface area contributed by atoms with Gasteiger partial charge in [0.05, 0.1) is 5.69 Å². The highest BCUT2D eigenvalue weighted by Crippen LogP contribution is 2.19. The third-order valence-electron chi connectivity index (χ3n) is 2.74. The Kier molecular flexibility index (Phi) is 2.72. The zero-order valence-electron chi connectivity index (χ0n) is 9.99. The minimum absolute atomic E-state index is 0.292. The topological polar surface area (TPSA) is 56.7 Å². The zero-order chi connectivity index (χ0) is 13.2. The maximum absolute atomic E-state index is 12.9. The first kappa shape index (κ1) is 11.4. The van der Waals surface area contributed by atoms with E-state index in [-0.39, 0.29) is 5.82 Å². The van der Waals surface area contributed by atoms with E-state index in [9.17, 15) is 4.39 Å². The highest BCUT2D eigenvalue weighted by Gasteiger charge is 2.10. The molecule has 3 aromatic rings. The van der Waals surface area contributed by atoms with Crippen LogP contribution >= 0.6 is 0 Å². The third kappa shape index (κ3) is 2.18. The van der Waals surface area contributed by atoms with Crippen LogP contribution in [-0.2, 0) is 0 Å². The quantitative estimate of drug-likeness (QED) is 0.764. The number of rotatable bonds is 2. The van der Waals surface area contributed by atoms with Gasteiger partial charge in [-0.2, -0.15) is 9.67 Å². The lowest BCUT2D eigenvalue weighted by atomic mass is 10.2. The fourth-order valence-electron chi connectivity index (χ4n) is 1.80. The van der Waals surface area contributed by atoms with Crippen molar-refractivity contribution in [1.82, 2.24) is 14.8 Å². The fourth-order valence-corrected chi connectivity index (χ4v) is 1.80. The number of para-hydroxylation sites is 1. The van der Waals surface area contributed by atoms with Crippen LogP contribution < -0.4 is 5.73 Å². The number of nitrogens with two attached hydrogens (primary N) is 1. The highest BCUT2D eigenvalue weighted by molar-refractivity contribution is 5.56. The number of aromatic nitrogens is 3. The number of nitrogens with zero attached hydrogens (tertiary/aromatic N) is 3. The number of hydrogen-bond acceptors (Lipinski definition) is 3. The van der Waals surface area contributed by atoms with Gasteiger partial charge >= 0.3 is 0 Å². The van der Waals surface area contributed by atoms with Gasteiger partial charge in [0.25, 0.3) is 0 Å². The van der Waals surface area contributed by atoms with Crippen LogP contribution in [0.25, 0.3) is 17.1 Å². The molecular weight excluding hydrogens is 243 g/mol. The molecule has 0 amide bonds. The molecule has 1 aromatic heterocycles. The van der Waals surface area contributed by atoms with Crippen molar-refractivity contribution in [2.45, 2.75) is 0 Å². The second-order valence-electron chi connectivity index (χ2n) is 4.05. The van der Waals surface area contributed by atoms with Crippen molar-refractivity contribution in [2.75, 3.05) is 5.73 Å². The molecular formula is C14H11FN4. The Morgan fingerprint density at radius 2 is 1.63 bits per heavy atom. The summed E-state index contributed by atoms with van der Waals surface area (Å²) in [5.41, 5.74) is 7.41. The van der Waals surface area contributed by atoms with E-state index < -0.39 is 0 Å². The summed E-state index contributed by atoms with van der Waals surface area (Å²) in [4.78, 5) is 4.19. The third-order valence-corrected chi connectivity index (χ3v) is 2.74. The maximum Gasteiger partial charge on any atom is 0.223 e. The van der Waals surface area contributed by atoms with Gasteiger partial charge in [-0.25, -0.2) is 4.39 Å². The summed E-state index contributed by atoms with van der Waals surface area (Å²) in [5.74, 6) is 0.478. The van der Waals surface area contributed by atoms with Crippen LogP contribution in [0.1, 0.15) is 0 Å². The van der Waals surface area contributed by atoms with Crippen molar-refractivity contribution >= 4 is 5.95 Å². The smallest absolute Gasteiger partial charge is 0.223 e. The lowest BCUT2D eigenvalue weighted by Gasteiger charge is -2.00. The summed E-state index contributed by atoms with van der Waals surface area (Å²) in [5, 5.41) is 4.34. The van der Waals surface area contributed by atoms with Crippen molar-refractivity contribution in [3.63, 3.8) is 0 Å². The number of halogens is 1. The summed E-state index contributed by atoms with van der Waals surface area (Å²) in [6.45, 7) is 0. The molecule has 3 rings (SSSR count). The van der Waals surface area contributed by atoms with Crippen LogP contribution in [0.5, 0.6) is 0 Å². The normalized spacial score (nSPS) is 10.6. The van der Waals surface area contributed by atoms with Crippen molar-refractivity contribution in [2.24, 2.45) is 0 Å². The van der Waals surface area contributed by atoms with Gasteiger partial charge in [-0.05, 0) is 36.4 Å². The van der Waals surface area contributed by atoms with Gasteiger partial charge in [0.1, 0.15) is 5.82 Å². The molecule has 0 saturated heterocycles. The predicted octanol–water partition coefficient (Wildman–Crippen LogP) is 2.66. The Balaban J connectivity index is 2.04. The van der Waals surface area contributed by atoms with E-state index in [1.807, 2.05) is 30.3 Å². The summed E-state index contributed by atoms with van der Waals surface area (Å²) in [6, 6.07) is 15.5. The molecule has 0 bridgehead atoms. The van der Waals surface area contributed by atoms with Gasteiger partial charge in [0, 0.05) is 5.56 Å². The van der Waals surface area contributed by atoms with Gasteiger partial charge < -0.3 is 5.73 Å². The Morgan fingerprint density at radius 3 is 2.32 bits per heavy atom. The van der Waals surface area contributed by atoms with E-state index >= 15 is 0 Å². The van der Waals surface area contributed by atoms with Gasteiger partial charge in [0.15, 0.2) is 5.82 Å². The van der Waals surface area contributed by atoms with E-state index in [0.717, 1.165) is 11.3 Å². The number of anilines is 1. The van der Waals surface area contributed by atoms with Gasteiger partial charge in [-0.1, -0.05) is 18.2 Å². The van der Waals surface area contributed by atoms with E-state index in [2.05, 4.69) is 10.1 Å². The van der Waals surface area contributed by atoms with E-state index in [0.29, 0.717) is 11.8 Å². The Hall–Kier alpha value is -2.69. The molecule has 2 N–H and O–H groups in total. The molecule has 0 radical (unpaired) electrons. The van der Waals surface area contributed by atoms with Crippen molar-refractivity contribution in [3.05, 3.63) is 60.4 Å². The summed E-state index contributed by atoms with van der Waals surface area (Å²) < 4.78 is 14.4. The molecule has 4 nitrogen and oxygen atoms in total. The lowest BCUT2D eigenvalue weighted by molar-refractivity contribution is 0.628. The molecule has 0 spiro atoms. The lowest BCUT2D eigenvalue weighted by Crippen LogP contribution is -2.01. The second-order valence-corrected chi connectivity index (χ2v) is 4.05. The predicted molar refractivity (Wildman–Crippen MR) is 71.2 cm³/mol. The van der Waals surface area contributed by atoms with Crippen LogP contribution in [0.15, 0.2) is 54.6 Å². The second kappa shape index (κ2) is 4.53. The van der Waals surface area contributed by atoms with Gasteiger partial charge in [-0.15, -0.1) is 5.10 Å². The summed E-state index contributed by atoms with van der Waals surface area (Å²) >= 11 is 0. The monoisotopic (exact) mass is 254 g/mol. The van der Waals surface area contributed by atoms with Crippen LogP contribution in [0.3, 0.4) is 0 Å². The van der Waals surface area contributed by atoms with Crippen LogP contribution in [0.4, 0.5) is 10.3 Å². The molecule has 0 unspecified atom stereocenters. The molecule has 2 aromatic carbocycles. The molecule has 1 heterocycles. The first-order chi connectivity index (χ1) is 9.24. The Bertz CT molecular complexity index is 689. The highest BCUT2D eigenvalue weighted by atomic mass is 19.1. The Labute approximate surface area is 109 Å². The van der Waals surface area contributed by atoms with Crippen molar-refractivity contribution in [3.8, 4) is 17.1 Å². The molecule has 0 aliphatic heterocycles. The van der Waals surface area contributed by atoms with Crippen molar-refractivity contribution in [1.29, 1.82) is 0 Å².